The third-order valence-corrected chi connectivity index (χ3v) is 5.83. The van der Waals surface area contributed by atoms with Gasteiger partial charge >= 0.3 is 6.18 Å². The minimum Gasteiger partial charge on any atom is -0.436 e. The fourth-order valence-corrected chi connectivity index (χ4v) is 4.05. The number of aromatic nitrogens is 1. The van der Waals surface area contributed by atoms with E-state index in [1.54, 1.807) is 0 Å². The Hall–Kier alpha value is -3.93. The number of hydrogen-bond donors (Lipinski definition) is 1. The Labute approximate surface area is 178 Å². The molecule has 1 aromatic heterocycles. The highest BCUT2D eigenvalue weighted by Crippen LogP contribution is 2.32. The van der Waals surface area contributed by atoms with Gasteiger partial charge in [0.25, 0.3) is 15.7 Å². The quantitative estimate of drug-likeness (QED) is 0.320. The van der Waals surface area contributed by atoms with Crippen LogP contribution >= 0.6 is 0 Å². The number of sulfonamides is 1. The standard InChI is InChI=1S/C20H12F3N3O5S/c21-20(22,23)13-7-9-14(10-8-13)25-32(29,30)15-4-1-3-12(11-15)19-24-18-16(26(27)28)5-2-6-17(18)31-19/h1-11,25H. The first-order chi connectivity index (χ1) is 15.0. The Morgan fingerprint density at radius 1 is 1.00 bits per heavy atom. The van der Waals surface area contributed by atoms with Gasteiger partial charge in [0, 0.05) is 17.3 Å². The molecule has 12 heteroatoms. The summed E-state index contributed by atoms with van der Waals surface area (Å²) in [6.45, 7) is 0. The number of hydrogen-bond acceptors (Lipinski definition) is 6. The van der Waals surface area contributed by atoms with Gasteiger partial charge in [0.05, 0.1) is 15.4 Å². The predicted octanol–water partition coefficient (Wildman–Crippen LogP) is 5.22. The lowest BCUT2D eigenvalue weighted by Gasteiger charge is -2.10. The number of oxazole rings is 1. The van der Waals surface area contributed by atoms with Crippen LogP contribution in [0.4, 0.5) is 24.5 Å². The lowest BCUT2D eigenvalue weighted by molar-refractivity contribution is -0.383. The van der Waals surface area contributed by atoms with Crippen LogP contribution in [0.3, 0.4) is 0 Å². The van der Waals surface area contributed by atoms with Gasteiger partial charge in [-0.25, -0.2) is 13.4 Å². The van der Waals surface area contributed by atoms with E-state index in [9.17, 15) is 31.7 Å². The SMILES string of the molecule is O=[N+]([O-])c1cccc2oc(-c3cccc(S(=O)(=O)Nc4ccc(C(F)(F)F)cc4)c3)nc12. The second-order valence-electron chi connectivity index (χ2n) is 6.61. The maximum Gasteiger partial charge on any atom is 0.416 e. The van der Waals surface area contributed by atoms with E-state index in [-0.39, 0.29) is 38.8 Å². The highest BCUT2D eigenvalue weighted by Gasteiger charge is 2.30. The molecule has 0 bridgehead atoms. The van der Waals surface area contributed by atoms with Gasteiger partial charge in [-0.2, -0.15) is 13.2 Å². The summed E-state index contributed by atoms with van der Waals surface area (Å²) >= 11 is 0. The van der Waals surface area contributed by atoms with Crippen LogP contribution in [0.1, 0.15) is 5.56 Å². The molecule has 0 aliphatic heterocycles. The van der Waals surface area contributed by atoms with Crippen LogP contribution in [0.15, 0.2) is 76.0 Å². The van der Waals surface area contributed by atoms with Gasteiger partial charge in [-0.05, 0) is 48.5 Å². The Morgan fingerprint density at radius 2 is 1.69 bits per heavy atom. The van der Waals surface area contributed by atoms with Gasteiger partial charge in [-0.3, -0.25) is 14.8 Å². The zero-order chi connectivity index (χ0) is 23.1. The summed E-state index contributed by atoms with van der Waals surface area (Å²) in [4.78, 5) is 14.5. The number of nitro groups is 1. The molecular weight excluding hydrogens is 451 g/mol. The number of nitrogens with zero attached hydrogens (tertiary/aromatic N) is 2. The highest BCUT2D eigenvalue weighted by atomic mass is 32.2. The van der Waals surface area contributed by atoms with E-state index in [2.05, 4.69) is 9.71 Å². The van der Waals surface area contributed by atoms with Crippen molar-refractivity contribution in [2.75, 3.05) is 4.72 Å². The zero-order valence-electron chi connectivity index (χ0n) is 15.8. The number of fused-ring (bicyclic) bond motifs is 1. The molecule has 4 aromatic rings. The molecule has 1 N–H and O–H groups in total. The number of para-hydroxylation sites is 1. The Balaban J connectivity index is 1.66. The molecule has 0 amide bonds. The van der Waals surface area contributed by atoms with Crippen LogP contribution in [-0.2, 0) is 16.2 Å². The van der Waals surface area contributed by atoms with Crippen LogP contribution < -0.4 is 4.72 Å². The number of benzene rings is 3. The molecule has 0 saturated heterocycles. The molecule has 4 rings (SSSR count). The first kappa shape index (κ1) is 21.3. The summed E-state index contributed by atoms with van der Waals surface area (Å²) < 4.78 is 71.2. The van der Waals surface area contributed by atoms with Crippen LogP contribution in [0, 0.1) is 10.1 Å². The molecule has 0 aliphatic carbocycles. The fraction of sp³-hybridized carbons (Fsp3) is 0.0500. The van der Waals surface area contributed by atoms with E-state index >= 15 is 0 Å². The van der Waals surface area contributed by atoms with Gasteiger partial charge in [0.2, 0.25) is 5.89 Å². The Bertz CT molecular complexity index is 1430. The lowest BCUT2D eigenvalue weighted by Crippen LogP contribution is -2.13. The number of anilines is 1. The maximum absolute atomic E-state index is 12.7. The second-order valence-corrected chi connectivity index (χ2v) is 8.29. The monoisotopic (exact) mass is 463 g/mol. The molecule has 3 aromatic carbocycles. The van der Waals surface area contributed by atoms with E-state index in [1.165, 1.54) is 42.5 Å². The third kappa shape index (κ3) is 4.12. The van der Waals surface area contributed by atoms with Crippen molar-refractivity contribution >= 4 is 32.5 Å². The first-order valence-corrected chi connectivity index (χ1v) is 10.4. The van der Waals surface area contributed by atoms with E-state index in [4.69, 9.17) is 4.42 Å². The number of alkyl halides is 3. The van der Waals surface area contributed by atoms with E-state index in [0.717, 1.165) is 24.3 Å². The highest BCUT2D eigenvalue weighted by molar-refractivity contribution is 7.92. The van der Waals surface area contributed by atoms with Crippen LogP contribution in [0.5, 0.6) is 0 Å². The summed E-state index contributed by atoms with van der Waals surface area (Å²) in [5.74, 6) is -0.0270. The topological polar surface area (TPSA) is 115 Å². The molecule has 0 radical (unpaired) electrons. The van der Waals surface area contributed by atoms with Crippen LogP contribution in [-0.4, -0.2) is 18.3 Å². The molecule has 32 heavy (non-hydrogen) atoms. The molecule has 0 spiro atoms. The number of rotatable bonds is 5. The summed E-state index contributed by atoms with van der Waals surface area (Å²) in [5.41, 5.74) is -0.807. The number of non-ortho nitro benzene ring substituents is 1. The normalized spacial score (nSPS) is 12.1. The van der Waals surface area contributed by atoms with Gasteiger partial charge in [-0.1, -0.05) is 12.1 Å². The van der Waals surface area contributed by atoms with Gasteiger partial charge in [0.1, 0.15) is 0 Å². The van der Waals surface area contributed by atoms with E-state index in [0.29, 0.717) is 0 Å². The molecule has 1 heterocycles. The van der Waals surface area contributed by atoms with Crippen molar-refractivity contribution < 1.29 is 30.9 Å². The maximum atomic E-state index is 12.7. The summed E-state index contributed by atoms with van der Waals surface area (Å²) in [6.07, 6.45) is -4.54. The largest absolute Gasteiger partial charge is 0.436 e. The molecule has 164 valence electrons. The molecule has 0 atom stereocenters. The molecule has 0 aliphatic rings. The van der Waals surface area contributed by atoms with Crippen molar-refractivity contribution in [1.29, 1.82) is 0 Å². The van der Waals surface area contributed by atoms with Crippen molar-refractivity contribution in [3.05, 3.63) is 82.4 Å². The van der Waals surface area contributed by atoms with E-state index < -0.39 is 26.7 Å². The van der Waals surface area contributed by atoms with Crippen molar-refractivity contribution in [1.82, 2.24) is 4.98 Å². The zero-order valence-corrected chi connectivity index (χ0v) is 16.6. The van der Waals surface area contributed by atoms with Crippen molar-refractivity contribution in [3.63, 3.8) is 0 Å². The lowest BCUT2D eigenvalue weighted by atomic mass is 10.2. The number of nitro benzene ring substituents is 1. The predicted molar refractivity (Wildman–Crippen MR) is 108 cm³/mol. The second kappa shape index (κ2) is 7.64. The molecule has 0 fully saturated rings. The smallest absolute Gasteiger partial charge is 0.416 e. The molecule has 0 saturated carbocycles. The van der Waals surface area contributed by atoms with Crippen molar-refractivity contribution in [2.45, 2.75) is 11.1 Å². The molecule has 8 nitrogen and oxygen atoms in total. The summed E-state index contributed by atoms with van der Waals surface area (Å²) in [5, 5.41) is 11.2. The van der Waals surface area contributed by atoms with E-state index in [1.807, 2.05) is 0 Å². The summed E-state index contributed by atoms with van der Waals surface area (Å²) in [7, 11) is -4.15. The number of halogens is 3. The first-order valence-electron chi connectivity index (χ1n) is 8.89. The minimum absolute atomic E-state index is 0.0173. The minimum atomic E-state index is -4.54. The van der Waals surface area contributed by atoms with Gasteiger partial charge in [-0.15, -0.1) is 0 Å². The number of nitrogens with one attached hydrogen (secondary N) is 1. The molecule has 0 unspecified atom stereocenters. The average Bonchev–Trinajstić information content (AvgIpc) is 3.17. The van der Waals surface area contributed by atoms with Gasteiger partial charge < -0.3 is 4.42 Å². The Morgan fingerprint density at radius 3 is 2.34 bits per heavy atom. The van der Waals surface area contributed by atoms with Crippen molar-refractivity contribution in [2.24, 2.45) is 0 Å². The fourth-order valence-electron chi connectivity index (χ4n) is 2.94. The third-order valence-electron chi connectivity index (χ3n) is 4.45. The Kier molecular flexibility index (Phi) is 5.09. The van der Waals surface area contributed by atoms with Crippen LogP contribution in [0.2, 0.25) is 0 Å². The van der Waals surface area contributed by atoms with Crippen molar-refractivity contribution in [3.8, 4) is 11.5 Å². The summed E-state index contributed by atoms with van der Waals surface area (Å²) in [6, 6.07) is 13.2. The van der Waals surface area contributed by atoms with Gasteiger partial charge in [0.15, 0.2) is 11.1 Å². The van der Waals surface area contributed by atoms with Crippen LogP contribution in [0.25, 0.3) is 22.6 Å². The molecular formula is C20H12F3N3O5S. The average molecular weight is 463 g/mol.